The van der Waals surface area contributed by atoms with Gasteiger partial charge in [-0.3, -0.25) is 9.69 Å². The molecule has 0 spiro atoms. The number of hydrogen-bond donors (Lipinski definition) is 0. The SMILES string of the molecule is CCC(C)OC(=O)N1CCN(CCOC=O)CC1. The van der Waals surface area contributed by atoms with Crippen LogP contribution in [0.4, 0.5) is 4.79 Å². The van der Waals surface area contributed by atoms with Gasteiger partial charge in [-0.25, -0.2) is 4.79 Å². The van der Waals surface area contributed by atoms with Crippen molar-refractivity contribution in [2.75, 3.05) is 39.3 Å². The van der Waals surface area contributed by atoms with Crippen LogP contribution in [0.25, 0.3) is 0 Å². The molecule has 0 N–H and O–H groups in total. The second kappa shape index (κ2) is 7.92. The zero-order valence-electron chi connectivity index (χ0n) is 11.1. The lowest BCUT2D eigenvalue weighted by molar-refractivity contribution is -0.129. The van der Waals surface area contributed by atoms with Crippen molar-refractivity contribution in [2.24, 2.45) is 0 Å². The highest BCUT2D eigenvalue weighted by Crippen LogP contribution is 2.06. The van der Waals surface area contributed by atoms with Crippen molar-refractivity contribution in [2.45, 2.75) is 26.4 Å². The van der Waals surface area contributed by atoms with Gasteiger partial charge in [0.25, 0.3) is 6.47 Å². The van der Waals surface area contributed by atoms with E-state index in [1.54, 1.807) is 4.90 Å². The Morgan fingerprint density at radius 3 is 2.56 bits per heavy atom. The van der Waals surface area contributed by atoms with Gasteiger partial charge in [0.05, 0.1) is 0 Å². The molecule has 0 saturated carbocycles. The van der Waals surface area contributed by atoms with Crippen LogP contribution in [-0.2, 0) is 14.3 Å². The standard InChI is InChI=1S/C12H22N2O4/c1-3-11(2)18-12(16)14-6-4-13(5-7-14)8-9-17-10-15/h10-11H,3-9H2,1-2H3. The van der Waals surface area contributed by atoms with Crippen molar-refractivity contribution in [3.8, 4) is 0 Å². The first-order valence-corrected chi connectivity index (χ1v) is 6.40. The Morgan fingerprint density at radius 2 is 2.00 bits per heavy atom. The molecule has 1 heterocycles. The number of nitrogens with zero attached hydrogens (tertiary/aromatic N) is 2. The van der Waals surface area contributed by atoms with Crippen molar-refractivity contribution in [1.29, 1.82) is 0 Å². The summed E-state index contributed by atoms with van der Waals surface area (Å²) in [6.07, 6.45) is 0.569. The summed E-state index contributed by atoms with van der Waals surface area (Å²) in [7, 11) is 0. The topological polar surface area (TPSA) is 59.1 Å². The molecule has 1 saturated heterocycles. The van der Waals surface area contributed by atoms with E-state index in [0.29, 0.717) is 32.7 Å². The number of carbonyl (C=O) groups excluding carboxylic acids is 2. The summed E-state index contributed by atoms with van der Waals surface area (Å²) in [5.41, 5.74) is 0. The van der Waals surface area contributed by atoms with E-state index in [0.717, 1.165) is 19.5 Å². The molecular formula is C12H22N2O4. The molecule has 1 aliphatic rings. The summed E-state index contributed by atoms with van der Waals surface area (Å²) in [5.74, 6) is 0. The first-order valence-electron chi connectivity index (χ1n) is 6.40. The molecule has 0 aromatic carbocycles. The van der Waals surface area contributed by atoms with Crippen LogP contribution in [0.15, 0.2) is 0 Å². The molecule has 0 radical (unpaired) electrons. The van der Waals surface area contributed by atoms with Crippen molar-refractivity contribution < 1.29 is 19.1 Å². The number of piperazine rings is 1. The van der Waals surface area contributed by atoms with Gasteiger partial charge < -0.3 is 14.4 Å². The van der Waals surface area contributed by atoms with Crippen molar-refractivity contribution >= 4 is 12.6 Å². The summed E-state index contributed by atoms with van der Waals surface area (Å²) in [6.45, 7) is 8.36. The second-order valence-electron chi connectivity index (χ2n) is 4.40. The number of carbonyl (C=O) groups is 2. The van der Waals surface area contributed by atoms with Gasteiger partial charge in [0.2, 0.25) is 0 Å². The average Bonchev–Trinajstić information content (AvgIpc) is 2.39. The maximum Gasteiger partial charge on any atom is 0.410 e. The number of rotatable bonds is 6. The Bertz CT molecular complexity index is 265. The van der Waals surface area contributed by atoms with Crippen LogP contribution in [0.2, 0.25) is 0 Å². The van der Waals surface area contributed by atoms with Gasteiger partial charge >= 0.3 is 6.09 Å². The fourth-order valence-corrected chi connectivity index (χ4v) is 1.71. The first kappa shape index (κ1) is 14.8. The van der Waals surface area contributed by atoms with E-state index >= 15 is 0 Å². The highest BCUT2D eigenvalue weighted by molar-refractivity contribution is 5.67. The summed E-state index contributed by atoms with van der Waals surface area (Å²) >= 11 is 0. The lowest BCUT2D eigenvalue weighted by Crippen LogP contribution is -2.49. The van der Waals surface area contributed by atoms with Crippen LogP contribution in [0, 0.1) is 0 Å². The molecule has 1 fully saturated rings. The van der Waals surface area contributed by atoms with Crippen LogP contribution in [0.5, 0.6) is 0 Å². The van der Waals surface area contributed by atoms with Crippen LogP contribution < -0.4 is 0 Å². The first-order chi connectivity index (χ1) is 8.67. The van der Waals surface area contributed by atoms with Crippen molar-refractivity contribution in [3.63, 3.8) is 0 Å². The predicted octanol–water partition coefficient (Wildman–Crippen LogP) is 0.712. The minimum Gasteiger partial charge on any atom is -0.467 e. The summed E-state index contributed by atoms with van der Waals surface area (Å²) < 4.78 is 9.92. The molecule has 1 aliphatic heterocycles. The molecule has 104 valence electrons. The van der Waals surface area contributed by atoms with E-state index in [9.17, 15) is 9.59 Å². The average molecular weight is 258 g/mol. The minimum absolute atomic E-state index is 0.0310. The minimum atomic E-state index is -0.229. The van der Waals surface area contributed by atoms with E-state index in [2.05, 4.69) is 9.64 Å². The van der Waals surface area contributed by atoms with Gasteiger partial charge in [-0.1, -0.05) is 6.92 Å². The van der Waals surface area contributed by atoms with Crippen LogP contribution in [-0.4, -0.2) is 67.8 Å². The smallest absolute Gasteiger partial charge is 0.410 e. The Morgan fingerprint density at radius 1 is 1.33 bits per heavy atom. The Hall–Kier alpha value is -1.30. The van der Waals surface area contributed by atoms with Gasteiger partial charge in [-0.05, 0) is 13.3 Å². The Kier molecular flexibility index (Phi) is 6.49. The number of ether oxygens (including phenoxy) is 2. The highest BCUT2D eigenvalue weighted by Gasteiger charge is 2.22. The molecule has 0 aliphatic carbocycles. The molecule has 0 aromatic rings. The van der Waals surface area contributed by atoms with E-state index in [-0.39, 0.29) is 12.2 Å². The molecule has 6 heteroatoms. The van der Waals surface area contributed by atoms with Crippen molar-refractivity contribution in [3.05, 3.63) is 0 Å². The lowest BCUT2D eigenvalue weighted by Gasteiger charge is -2.34. The molecule has 18 heavy (non-hydrogen) atoms. The normalized spacial score (nSPS) is 18.2. The maximum absolute atomic E-state index is 11.7. The van der Waals surface area contributed by atoms with E-state index < -0.39 is 0 Å². The quantitative estimate of drug-likeness (QED) is 0.519. The van der Waals surface area contributed by atoms with E-state index in [1.165, 1.54) is 0 Å². The third kappa shape index (κ3) is 4.91. The molecule has 1 atom stereocenters. The second-order valence-corrected chi connectivity index (χ2v) is 4.40. The molecule has 1 unspecified atom stereocenters. The van der Waals surface area contributed by atoms with Crippen LogP contribution in [0.3, 0.4) is 0 Å². The third-order valence-electron chi connectivity index (χ3n) is 3.10. The molecule has 0 aromatic heterocycles. The fourth-order valence-electron chi connectivity index (χ4n) is 1.71. The maximum atomic E-state index is 11.7. The Balaban J connectivity index is 2.21. The molecule has 6 nitrogen and oxygen atoms in total. The summed E-state index contributed by atoms with van der Waals surface area (Å²) in [5, 5.41) is 0. The van der Waals surface area contributed by atoms with E-state index in [4.69, 9.17) is 4.74 Å². The van der Waals surface area contributed by atoms with Crippen LogP contribution >= 0.6 is 0 Å². The van der Waals surface area contributed by atoms with Gasteiger partial charge in [0, 0.05) is 32.7 Å². The Labute approximate surface area is 108 Å². The van der Waals surface area contributed by atoms with Gasteiger partial charge in [0.15, 0.2) is 0 Å². The summed E-state index contributed by atoms with van der Waals surface area (Å²) in [6, 6.07) is 0. The molecular weight excluding hydrogens is 236 g/mol. The zero-order chi connectivity index (χ0) is 13.4. The van der Waals surface area contributed by atoms with Gasteiger partial charge in [-0.2, -0.15) is 0 Å². The fraction of sp³-hybridized carbons (Fsp3) is 0.833. The van der Waals surface area contributed by atoms with Crippen LogP contribution in [0.1, 0.15) is 20.3 Å². The zero-order valence-corrected chi connectivity index (χ0v) is 11.1. The molecule has 0 bridgehead atoms. The molecule has 1 amide bonds. The van der Waals surface area contributed by atoms with Crippen molar-refractivity contribution in [1.82, 2.24) is 9.80 Å². The largest absolute Gasteiger partial charge is 0.467 e. The monoisotopic (exact) mass is 258 g/mol. The third-order valence-corrected chi connectivity index (χ3v) is 3.10. The van der Waals surface area contributed by atoms with Gasteiger partial charge in [0.1, 0.15) is 12.7 Å². The van der Waals surface area contributed by atoms with E-state index in [1.807, 2.05) is 13.8 Å². The summed E-state index contributed by atoms with van der Waals surface area (Å²) in [4.78, 5) is 25.6. The number of hydrogen-bond acceptors (Lipinski definition) is 5. The lowest BCUT2D eigenvalue weighted by atomic mass is 10.3. The van der Waals surface area contributed by atoms with Gasteiger partial charge in [-0.15, -0.1) is 0 Å². The number of amides is 1. The highest BCUT2D eigenvalue weighted by atomic mass is 16.6. The predicted molar refractivity (Wildman–Crippen MR) is 66.3 cm³/mol. The molecule has 1 rings (SSSR count).